The first-order valence-electron chi connectivity index (χ1n) is 5.46. The van der Waals surface area contributed by atoms with Crippen molar-refractivity contribution in [3.63, 3.8) is 0 Å². The van der Waals surface area contributed by atoms with Gasteiger partial charge < -0.3 is 5.32 Å². The molecule has 1 aliphatic heterocycles. The van der Waals surface area contributed by atoms with E-state index in [0.717, 1.165) is 12.1 Å². The summed E-state index contributed by atoms with van der Waals surface area (Å²) in [6.07, 6.45) is 9.93. The lowest BCUT2D eigenvalue weighted by Crippen LogP contribution is -2.36. The molecule has 2 rings (SSSR count). The molecule has 0 saturated carbocycles. The fourth-order valence-corrected chi connectivity index (χ4v) is 2.46. The van der Waals surface area contributed by atoms with E-state index in [1.807, 2.05) is 0 Å². The predicted octanol–water partition coefficient (Wildman–Crippen LogP) is 1.39. The first-order chi connectivity index (χ1) is 6.40. The van der Waals surface area contributed by atoms with Crippen LogP contribution in [0.25, 0.3) is 0 Å². The number of hydrogen-bond acceptors (Lipinski definition) is 2. The molecule has 1 N–H and O–H groups in total. The largest absolute Gasteiger partial charge is 0.316 e. The summed E-state index contributed by atoms with van der Waals surface area (Å²) in [5.74, 6) is 0. The number of nitrogens with zero attached hydrogens (tertiary/aromatic N) is 1. The van der Waals surface area contributed by atoms with Crippen molar-refractivity contribution in [1.82, 2.24) is 10.2 Å². The monoisotopic (exact) mass is 180 g/mol. The van der Waals surface area contributed by atoms with Gasteiger partial charge in [-0.2, -0.15) is 0 Å². The van der Waals surface area contributed by atoms with Crippen LogP contribution in [-0.4, -0.2) is 37.1 Å². The Morgan fingerprint density at radius 1 is 1.31 bits per heavy atom. The van der Waals surface area contributed by atoms with Crippen LogP contribution in [0.1, 0.15) is 25.7 Å². The standard InChI is InChI=1S/C11H20N2/c1-12-10-7-8-13(9-10)11-5-3-2-4-6-11/h2-3,10-12H,4-9H2,1H3. The minimum Gasteiger partial charge on any atom is -0.316 e. The van der Waals surface area contributed by atoms with Gasteiger partial charge in [-0.05, 0) is 32.7 Å². The zero-order valence-corrected chi connectivity index (χ0v) is 8.50. The molecule has 2 atom stereocenters. The number of nitrogens with one attached hydrogen (secondary N) is 1. The van der Waals surface area contributed by atoms with Crippen molar-refractivity contribution in [3.8, 4) is 0 Å². The molecule has 0 aromatic heterocycles. The van der Waals surface area contributed by atoms with Crippen LogP contribution in [0.2, 0.25) is 0 Å². The van der Waals surface area contributed by atoms with Crippen LogP contribution in [0.3, 0.4) is 0 Å². The third-order valence-electron chi connectivity index (χ3n) is 3.39. The number of allylic oxidation sites excluding steroid dienone is 1. The summed E-state index contributed by atoms with van der Waals surface area (Å²) in [6.45, 7) is 2.55. The Morgan fingerprint density at radius 2 is 2.23 bits per heavy atom. The Labute approximate surface area is 81.0 Å². The van der Waals surface area contributed by atoms with E-state index in [0.29, 0.717) is 0 Å². The molecule has 1 saturated heterocycles. The van der Waals surface area contributed by atoms with E-state index in [9.17, 15) is 0 Å². The molecule has 0 bridgehead atoms. The van der Waals surface area contributed by atoms with E-state index in [2.05, 4.69) is 29.4 Å². The summed E-state index contributed by atoms with van der Waals surface area (Å²) < 4.78 is 0. The maximum atomic E-state index is 3.37. The van der Waals surface area contributed by atoms with E-state index in [4.69, 9.17) is 0 Å². The van der Waals surface area contributed by atoms with E-state index < -0.39 is 0 Å². The number of likely N-dealkylation sites (tertiary alicyclic amines) is 1. The van der Waals surface area contributed by atoms with Gasteiger partial charge in [0, 0.05) is 25.2 Å². The SMILES string of the molecule is CNC1CCN(C2CC=CCC2)C1. The number of hydrogen-bond donors (Lipinski definition) is 1. The van der Waals surface area contributed by atoms with Gasteiger partial charge in [0.05, 0.1) is 0 Å². The Bertz CT molecular complexity index is 189. The van der Waals surface area contributed by atoms with Crippen LogP contribution < -0.4 is 5.32 Å². The Kier molecular flexibility index (Phi) is 3.01. The molecule has 2 aliphatic rings. The third kappa shape index (κ3) is 2.12. The van der Waals surface area contributed by atoms with Gasteiger partial charge in [-0.25, -0.2) is 0 Å². The van der Waals surface area contributed by atoms with Crippen molar-refractivity contribution in [2.24, 2.45) is 0 Å². The summed E-state index contributed by atoms with van der Waals surface area (Å²) in [7, 11) is 2.08. The zero-order valence-electron chi connectivity index (χ0n) is 8.50. The van der Waals surface area contributed by atoms with Crippen LogP contribution in [0.4, 0.5) is 0 Å². The van der Waals surface area contributed by atoms with Gasteiger partial charge in [0.25, 0.3) is 0 Å². The first kappa shape index (κ1) is 9.22. The second-order valence-corrected chi connectivity index (χ2v) is 4.21. The number of likely N-dealkylation sites (N-methyl/N-ethyl adjacent to an activating group) is 1. The minimum atomic E-state index is 0.742. The van der Waals surface area contributed by atoms with Crippen LogP contribution >= 0.6 is 0 Å². The van der Waals surface area contributed by atoms with E-state index in [-0.39, 0.29) is 0 Å². The Balaban J connectivity index is 1.84. The molecular weight excluding hydrogens is 160 g/mol. The normalized spacial score (nSPS) is 35.5. The summed E-state index contributed by atoms with van der Waals surface area (Å²) in [5.41, 5.74) is 0. The summed E-state index contributed by atoms with van der Waals surface area (Å²) in [4.78, 5) is 2.66. The lowest BCUT2D eigenvalue weighted by atomic mass is 10.0. The summed E-state index contributed by atoms with van der Waals surface area (Å²) >= 11 is 0. The molecule has 2 nitrogen and oxygen atoms in total. The molecule has 2 unspecified atom stereocenters. The van der Waals surface area contributed by atoms with Crippen LogP contribution in [0.15, 0.2) is 12.2 Å². The maximum absolute atomic E-state index is 3.37. The molecule has 74 valence electrons. The van der Waals surface area contributed by atoms with Crippen molar-refractivity contribution >= 4 is 0 Å². The molecule has 1 heterocycles. The molecule has 0 spiro atoms. The lowest BCUT2D eigenvalue weighted by molar-refractivity contribution is 0.223. The topological polar surface area (TPSA) is 15.3 Å². The highest BCUT2D eigenvalue weighted by molar-refractivity contribution is 4.96. The van der Waals surface area contributed by atoms with Gasteiger partial charge in [0.2, 0.25) is 0 Å². The van der Waals surface area contributed by atoms with Crippen molar-refractivity contribution in [2.45, 2.75) is 37.8 Å². The second-order valence-electron chi connectivity index (χ2n) is 4.21. The molecule has 0 aromatic rings. The van der Waals surface area contributed by atoms with Crippen molar-refractivity contribution in [2.75, 3.05) is 20.1 Å². The van der Waals surface area contributed by atoms with Crippen molar-refractivity contribution < 1.29 is 0 Å². The molecule has 1 fully saturated rings. The molecular formula is C11H20N2. The van der Waals surface area contributed by atoms with E-state index >= 15 is 0 Å². The molecule has 0 aromatic carbocycles. The van der Waals surface area contributed by atoms with Gasteiger partial charge in [0.15, 0.2) is 0 Å². The highest BCUT2D eigenvalue weighted by Gasteiger charge is 2.26. The molecule has 13 heavy (non-hydrogen) atoms. The van der Waals surface area contributed by atoms with Crippen LogP contribution in [-0.2, 0) is 0 Å². The quantitative estimate of drug-likeness (QED) is 0.646. The zero-order chi connectivity index (χ0) is 9.10. The van der Waals surface area contributed by atoms with Gasteiger partial charge in [0.1, 0.15) is 0 Å². The third-order valence-corrected chi connectivity index (χ3v) is 3.39. The summed E-state index contributed by atoms with van der Waals surface area (Å²) in [5, 5.41) is 3.37. The van der Waals surface area contributed by atoms with E-state index in [1.54, 1.807) is 0 Å². The Morgan fingerprint density at radius 3 is 2.85 bits per heavy atom. The summed E-state index contributed by atoms with van der Waals surface area (Å²) in [6, 6.07) is 1.58. The predicted molar refractivity (Wildman–Crippen MR) is 55.8 cm³/mol. The average Bonchev–Trinajstić information content (AvgIpc) is 2.67. The highest BCUT2D eigenvalue weighted by atomic mass is 15.2. The van der Waals surface area contributed by atoms with Crippen LogP contribution in [0.5, 0.6) is 0 Å². The maximum Gasteiger partial charge on any atom is 0.0204 e. The van der Waals surface area contributed by atoms with E-state index in [1.165, 1.54) is 38.8 Å². The van der Waals surface area contributed by atoms with Gasteiger partial charge in [-0.15, -0.1) is 0 Å². The van der Waals surface area contributed by atoms with Crippen LogP contribution in [0, 0.1) is 0 Å². The van der Waals surface area contributed by atoms with Gasteiger partial charge >= 0.3 is 0 Å². The fraction of sp³-hybridized carbons (Fsp3) is 0.818. The number of rotatable bonds is 2. The van der Waals surface area contributed by atoms with Gasteiger partial charge in [-0.1, -0.05) is 12.2 Å². The first-order valence-corrected chi connectivity index (χ1v) is 5.46. The Hall–Kier alpha value is -0.340. The average molecular weight is 180 g/mol. The smallest absolute Gasteiger partial charge is 0.0204 e. The van der Waals surface area contributed by atoms with Crippen molar-refractivity contribution in [3.05, 3.63) is 12.2 Å². The minimum absolute atomic E-state index is 0.742. The highest BCUT2D eigenvalue weighted by Crippen LogP contribution is 2.21. The van der Waals surface area contributed by atoms with Gasteiger partial charge in [-0.3, -0.25) is 4.90 Å². The fourth-order valence-electron chi connectivity index (χ4n) is 2.46. The lowest BCUT2D eigenvalue weighted by Gasteiger charge is -2.28. The molecule has 1 aliphatic carbocycles. The molecule has 0 radical (unpaired) electrons. The van der Waals surface area contributed by atoms with Crippen molar-refractivity contribution in [1.29, 1.82) is 0 Å². The molecule has 2 heteroatoms. The molecule has 0 amide bonds. The second kappa shape index (κ2) is 4.25.